The maximum Gasteiger partial charge on any atom is 0.410 e. The number of pyridine rings is 1. The molecule has 0 bridgehead atoms. The molecule has 0 fully saturated rings. The summed E-state index contributed by atoms with van der Waals surface area (Å²) < 4.78 is 5.35. The lowest BCUT2D eigenvalue weighted by Gasteiger charge is -2.25. The average Bonchev–Trinajstić information content (AvgIpc) is 2.67. The van der Waals surface area contributed by atoms with Crippen molar-refractivity contribution >= 4 is 17.4 Å². The third kappa shape index (κ3) is 3.79. The Morgan fingerprint density at radius 1 is 1.25 bits per heavy atom. The Labute approximate surface area is 141 Å². The Balaban J connectivity index is 1.56. The number of amides is 1. The standard InChI is InChI=1S/C19H17N3O2/c1-20-17-7-8-18(21-13-17)16-9-11-22(12-10-16)19(23)24-14-15-5-3-2-4-6-15/h2-9,13H,10-12,14H2. The number of carbonyl (C=O) groups excluding carboxylic acids is 1. The summed E-state index contributed by atoms with van der Waals surface area (Å²) in [6.07, 6.45) is 3.99. The molecule has 2 heterocycles. The van der Waals surface area contributed by atoms with Crippen molar-refractivity contribution in [2.24, 2.45) is 0 Å². The van der Waals surface area contributed by atoms with E-state index in [4.69, 9.17) is 11.3 Å². The van der Waals surface area contributed by atoms with Crippen LogP contribution in [-0.2, 0) is 11.3 Å². The van der Waals surface area contributed by atoms with Gasteiger partial charge in [-0.1, -0.05) is 42.5 Å². The average molecular weight is 319 g/mol. The highest BCUT2D eigenvalue weighted by Gasteiger charge is 2.19. The van der Waals surface area contributed by atoms with Crippen LogP contribution in [0, 0.1) is 6.57 Å². The zero-order valence-corrected chi connectivity index (χ0v) is 13.2. The number of hydrogen-bond acceptors (Lipinski definition) is 3. The molecule has 0 saturated heterocycles. The topological polar surface area (TPSA) is 46.8 Å². The minimum Gasteiger partial charge on any atom is -0.445 e. The molecular weight excluding hydrogens is 302 g/mol. The molecule has 0 spiro atoms. The summed E-state index contributed by atoms with van der Waals surface area (Å²) in [5.41, 5.74) is 3.46. The first-order valence-corrected chi connectivity index (χ1v) is 7.75. The SMILES string of the molecule is [C-]#[N+]c1ccc(C2=CCN(C(=O)OCc3ccccc3)CC2)nc1. The van der Waals surface area contributed by atoms with Gasteiger partial charge in [-0.25, -0.2) is 9.64 Å². The maximum absolute atomic E-state index is 12.1. The predicted octanol–water partition coefficient (Wildman–Crippen LogP) is 4.06. The highest BCUT2D eigenvalue weighted by molar-refractivity contribution is 5.71. The number of benzene rings is 1. The summed E-state index contributed by atoms with van der Waals surface area (Å²) >= 11 is 0. The van der Waals surface area contributed by atoms with E-state index in [-0.39, 0.29) is 12.7 Å². The van der Waals surface area contributed by atoms with Gasteiger partial charge < -0.3 is 9.64 Å². The molecular formula is C19H17N3O2. The fraction of sp³-hybridized carbons (Fsp3) is 0.211. The maximum atomic E-state index is 12.1. The second-order valence-corrected chi connectivity index (χ2v) is 5.48. The quantitative estimate of drug-likeness (QED) is 0.802. The summed E-state index contributed by atoms with van der Waals surface area (Å²) in [6.45, 7) is 8.34. The summed E-state index contributed by atoms with van der Waals surface area (Å²) in [5.74, 6) is 0. The molecule has 3 rings (SSSR count). The molecule has 1 aromatic heterocycles. The van der Waals surface area contributed by atoms with Gasteiger partial charge >= 0.3 is 6.09 Å². The van der Waals surface area contributed by atoms with Crippen LogP contribution in [0.2, 0.25) is 0 Å². The first-order valence-electron chi connectivity index (χ1n) is 7.75. The lowest BCUT2D eigenvalue weighted by atomic mass is 10.0. The number of hydrogen-bond donors (Lipinski definition) is 0. The number of rotatable bonds is 3. The second kappa shape index (κ2) is 7.42. The van der Waals surface area contributed by atoms with Crippen LogP contribution < -0.4 is 0 Å². The van der Waals surface area contributed by atoms with Gasteiger partial charge in [0.15, 0.2) is 0 Å². The van der Waals surface area contributed by atoms with Crippen LogP contribution in [0.1, 0.15) is 17.7 Å². The molecule has 5 heteroatoms. The van der Waals surface area contributed by atoms with E-state index in [0.717, 1.165) is 23.3 Å². The highest BCUT2D eigenvalue weighted by Crippen LogP contribution is 2.22. The third-order valence-electron chi connectivity index (χ3n) is 3.88. The van der Waals surface area contributed by atoms with E-state index in [1.54, 1.807) is 17.2 Å². The lowest BCUT2D eigenvalue weighted by molar-refractivity contribution is 0.0998. The van der Waals surface area contributed by atoms with E-state index in [1.807, 2.05) is 42.5 Å². The Kier molecular flexibility index (Phi) is 4.87. The molecule has 24 heavy (non-hydrogen) atoms. The van der Waals surface area contributed by atoms with Crippen molar-refractivity contribution < 1.29 is 9.53 Å². The Bertz CT molecular complexity index is 777. The van der Waals surface area contributed by atoms with Crippen LogP contribution in [0.15, 0.2) is 54.7 Å². The van der Waals surface area contributed by atoms with Crippen molar-refractivity contribution in [1.29, 1.82) is 0 Å². The van der Waals surface area contributed by atoms with Crippen LogP contribution in [-0.4, -0.2) is 29.1 Å². The van der Waals surface area contributed by atoms with Gasteiger partial charge in [0.05, 0.1) is 12.3 Å². The van der Waals surface area contributed by atoms with Gasteiger partial charge in [0.1, 0.15) is 6.61 Å². The highest BCUT2D eigenvalue weighted by atomic mass is 16.6. The molecule has 1 amide bonds. The van der Waals surface area contributed by atoms with Gasteiger partial charge in [-0.3, -0.25) is 4.98 Å². The number of carbonyl (C=O) groups is 1. The van der Waals surface area contributed by atoms with Crippen molar-refractivity contribution in [3.05, 3.63) is 77.4 Å². The van der Waals surface area contributed by atoms with Crippen molar-refractivity contribution in [2.75, 3.05) is 13.1 Å². The van der Waals surface area contributed by atoms with Crippen molar-refractivity contribution in [3.8, 4) is 0 Å². The molecule has 0 atom stereocenters. The molecule has 0 aliphatic carbocycles. The van der Waals surface area contributed by atoms with Gasteiger partial charge in [0, 0.05) is 19.3 Å². The minimum absolute atomic E-state index is 0.284. The normalized spacial score (nSPS) is 13.8. The van der Waals surface area contributed by atoms with E-state index < -0.39 is 0 Å². The molecule has 0 unspecified atom stereocenters. The zero-order chi connectivity index (χ0) is 16.8. The van der Waals surface area contributed by atoms with E-state index in [9.17, 15) is 4.79 Å². The van der Waals surface area contributed by atoms with Crippen LogP contribution in [0.5, 0.6) is 0 Å². The fourth-order valence-electron chi connectivity index (χ4n) is 2.52. The van der Waals surface area contributed by atoms with Gasteiger partial charge in [0.25, 0.3) is 0 Å². The van der Waals surface area contributed by atoms with Gasteiger partial charge in [0.2, 0.25) is 5.69 Å². The molecule has 1 aromatic carbocycles. The van der Waals surface area contributed by atoms with E-state index in [0.29, 0.717) is 18.8 Å². The van der Waals surface area contributed by atoms with Crippen LogP contribution in [0.25, 0.3) is 10.4 Å². The summed E-state index contributed by atoms with van der Waals surface area (Å²) in [5, 5.41) is 0. The number of nitrogens with zero attached hydrogens (tertiary/aromatic N) is 3. The molecule has 0 saturated carbocycles. The first-order chi connectivity index (χ1) is 11.8. The largest absolute Gasteiger partial charge is 0.445 e. The van der Waals surface area contributed by atoms with E-state index in [2.05, 4.69) is 9.83 Å². The molecule has 0 radical (unpaired) electrons. The number of ether oxygens (including phenoxy) is 1. The zero-order valence-electron chi connectivity index (χ0n) is 13.2. The van der Waals surface area contributed by atoms with E-state index >= 15 is 0 Å². The third-order valence-corrected chi connectivity index (χ3v) is 3.88. The van der Waals surface area contributed by atoms with Gasteiger partial charge in [-0.2, -0.15) is 0 Å². The first kappa shape index (κ1) is 15.8. The Hall–Kier alpha value is -3.13. The van der Waals surface area contributed by atoms with Crippen molar-refractivity contribution in [2.45, 2.75) is 13.0 Å². The Morgan fingerprint density at radius 3 is 2.71 bits per heavy atom. The van der Waals surface area contributed by atoms with Gasteiger partial charge in [-0.15, -0.1) is 0 Å². The molecule has 1 aliphatic heterocycles. The van der Waals surface area contributed by atoms with Crippen LogP contribution in [0.4, 0.5) is 10.5 Å². The van der Waals surface area contributed by atoms with Crippen LogP contribution in [0.3, 0.4) is 0 Å². The lowest BCUT2D eigenvalue weighted by Crippen LogP contribution is -2.35. The summed E-state index contributed by atoms with van der Waals surface area (Å²) in [6, 6.07) is 13.2. The second-order valence-electron chi connectivity index (χ2n) is 5.48. The monoisotopic (exact) mass is 319 g/mol. The summed E-state index contributed by atoms with van der Waals surface area (Å²) in [7, 11) is 0. The number of aromatic nitrogens is 1. The smallest absolute Gasteiger partial charge is 0.410 e. The molecule has 120 valence electrons. The Morgan fingerprint density at radius 2 is 2.08 bits per heavy atom. The molecule has 1 aliphatic rings. The van der Waals surface area contributed by atoms with Gasteiger partial charge in [-0.05, 0) is 23.6 Å². The predicted molar refractivity (Wildman–Crippen MR) is 91.3 cm³/mol. The fourth-order valence-corrected chi connectivity index (χ4v) is 2.52. The van der Waals surface area contributed by atoms with Crippen LogP contribution >= 0.6 is 0 Å². The summed E-state index contributed by atoms with van der Waals surface area (Å²) in [4.78, 5) is 21.4. The van der Waals surface area contributed by atoms with Crippen molar-refractivity contribution in [1.82, 2.24) is 9.88 Å². The molecule has 0 N–H and O–H groups in total. The molecule has 5 nitrogen and oxygen atoms in total. The van der Waals surface area contributed by atoms with E-state index in [1.165, 1.54) is 0 Å². The van der Waals surface area contributed by atoms with Crippen molar-refractivity contribution in [3.63, 3.8) is 0 Å². The minimum atomic E-state index is -0.300. The molecule has 2 aromatic rings.